The number of carboxylic acids is 1. The molecule has 98 valence electrons. The highest BCUT2D eigenvalue weighted by Crippen LogP contribution is 2.18. The van der Waals surface area contributed by atoms with Crippen LogP contribution in [0.5, 0.6) is 5.75 Å². The van der Waals surface area contributed by atoms with Crippen LogP contribution in [0.1, 0.15) is 5.56 Å². The molecule has 1 rings (SSSR count). The Morgan fingerprint density at radius 2 is 1.94 bits per heavy atom. The van der Waals surface area contributed by atoms with E-state index in [0.29, 0.717) is 5.75 Å². The van der Waals surface area contributed by atoms with E-state index in [1.54, 1.807) is 19.2 Å². The number of amides is 2. The highest BCUT2D eigenvalue weighted by molar-refractivity contribution is 5.85. The van der Waals surface area contributed by atoms with E-state index in [1.165, 1.54) is 11.6 Å². The van der Waals surface area contributed by atoms with E-state index in [2.05, 4.69) is 5.73 Å². The monoisotopic (exact) mass is 254 g/mol. The summed E-state index contributed by atoms with van der Waals surface area (Å²) in [7, 11) is 1.55. The predicted molar refractivity (Wildman–Crippen MR) is 64.2 cm³/mol. The van der Waals surface area contributed by atoms with Crippen LogP contribution in [0.2, 0.25) is 0 Å². The number of hydrogen-bond acceptors (Lipinski definition) is 4. The topological polar surface area (TPSA) is 122 Å². The summed E-state index contributed by atoms with van der Waals surface area (Å²) in [6.07, 6.45) is 2.58. The van der Waals surface area contributed by atoms with Gasteiger partial charge in [-0.05, 0) is 12.1 Å². The average Bonchev–Trinajstić information content (AvgIpc) is 2.37. The van der Waals surface area contributed by atoms with Crippen molar-refractivity contribution in [2.45, 2.75) is 0 Å². The van der Waals surface area contributed by atoms with Gasteiger partial charge in [0.2, 0.25) is 0 Å². The van der Waals surface area contributed by atoms with Gasteiger partial charge in [0, 0.05) is 11.6 Å². The first-order chi connectivity index (χ1) is 8.51. The number of hydroxylamine groups is 1. The van der Waals surface area contributed by atoms with Crippen LogP contribution in [0.25, 0.3) is 6.08 Å². The smallest absolute Gasteiger partial charge is 0.335 e. The van der Waals surface area contributed by atoms with Crippen LogP contribution in [0, 0.1) is 0 Å². The van der Waals surface area contributed by atoms with Crippen molar-refractivity contribution >= 4 is 18.1 Å². The number of nitrogens with two attached hydrogens (primary N) is 1. The molecule has 0 aromatic heterocycles. The third-order valence-corrected chi connectivity index (χ3v) is 1.65. The van der Waals surface area contributed by atoms with Crippen LogP contribution in [0.3, 0.4) is 0 Å². The molecule has 2 amide bonds. The first kappa shape index (κ1) is 15.5. The largest absolute Gasteiger partial charge is 0.496 e. The van der Waals surface area contributed by atoms with Gasteiger partial charge in [-0.25, -0.2) is 15.1 Å². The van der Waals surface area contributed by atoms with Crippen molar-refractivity contribution in [3.63, 3.8) is 0 Å². The molecule has 0 atom stereocenters. The normalized spacial score (nSPS) is 9.22. The summed E-state index contributed by atoms with van der Waals surface area (Å²) in [6, 6.07) is 6.28. The maximum Gasteiger partial charge on any atom is 0.335 e. The lowest BCUT2D eigenvalue weighted by atomic mass is 10.2. The molecule has 0 aliphatic rings. The number of aliphatic carboxylic acids is 1. The molecule has 0 fully saturated rings. The Bertz CT molecular complexity index is 431. The SMILES string of the molecule is COc1ccccc1C=CC(=O)O.NC(=O)NO. The van der Waals surface area contributed by atoms with Crippen molar-refractivity contribution in [3.05, 3.63) is 35.9 Å². The van der Waals surface area contributed by atoms with Gasteiger partial charge < -0.3 is 15.6 Å². The number of carbonyl (C=O) groups is 2. The van der Waals surface area contributed by atoms with Crippen LogP contribution in [-0.4, -0.2) is 29.4 Å². The van der Waals surface area contributed by atoms with Gasteiger partial charge >= 0.3 is 12.0 Å². The summed E-state index contributed by atoms with van der Waals surface area (Å²) in [5.41, 5.74) is 6.22. The van der Waals surface area contributed by atoms with E-state index in [1.807, 2.05) is 12.1 Å². The lowest BCUT2D eigenvalue weighted by Gasteiger charge is -2.02. The number of ether oxygens (including phenoxy) is 1. The van der Waals surface area contributed by atoms with E-state index in [9.17, 15) is 9.59 Å². The van der Waals surface area contributed by atoms with Crippen LogP contribution in [0.4, 0.5) is 4.79 Å². The quantitative estimate of drug-likeness (QED) is 0.361. The van der Waals surface area contributed by atoms with Gasteiger partial charge in [-0.3, -0.25) is 5.21 Å². The Morgan fingerprint density at radius 1 is 1.39 bits per heavy atom. The maximum absolute atomic E-state index is 10.2. The minimum atomic E-state index is -0.967. The Labute approximate surface area is 103 Å². The van der Waals surface area contributed by atoms with E-state index in [-0.39, 0.29) is 0 Å². The summed E-state index contributed by atoms with van der Waals surface area (Å²) in [6.45, 7) is 0. The number of benzene rings is 1. The molecular weight excluding hydrogens is 240 g/mol. The second kappa shape index (κ2) is 8.59. The summed E-state index contributed by atoms with van der Waals surface area (Å²) in [5.74, 6) is -0.300. The number of nitrogens with one attached hydrogen (secondary N) is 1. The zero-order valence-electron chi connectivity index (χ0n) is 9.66. The molecule has 0 aliphatic carbocycles. The Morgan fingerprint density at radius 3 is 2.39 bits per heavy atom. The molecule has 0 saturated heterocycles. The van der Waals surface area contributed by atoms with Gasteiger partial charge in [0.15, 0.2) is 0 Å². The molecule has 0 radical (unpaired) electrons. The summed E-state index contributed by atoms with van der Waals surface area (Å²) < 4.78 is 5.03. The third-order valence-electron chi connectivity index (χ3n) is 1.65. The molecule has 7 nitrogen and oxygen atoms in total. The highest BCUT2D eigenvalue weighted by Gasteiger charge is 1.96. The Hall–Kier alpha value is -2.54. The standard InChI is InChI=1S/C10H10O3.CH4N2O2/c1-13-9-5-3-2-4-8(9)6-7-10(11)12;2-1(4)3-5/h2-7H,1H3,(H,11,12);5H,(H3,2,3,4). The van der Waals surface area contributed by atoms with Crippen molar-refractivity contribution in [3.8, 4) is 5.75 Å². The number of methoxy groups -OCH3 is 1. The fourth-order valence-electron chi connectivity index (χ4n) is 0.965. The molecule has 1 aromatic rings. The summed E-state index contributed by atoms with van der Waals surface area (Å²) >= 11 is 0. The van der Waals surface area contributed by atoms with Crippen molar-refractivity contribution in [2.24, 2.45) is 5.73 Å². The summed E-state index contributed by atoms with van der Waals surface area (Å²) in [4.78, 5) is 19.5. The molecule has 7 heteroatoms. The van der Waals surface area contributed by atoms with Gasteiger partial charge in [-0.1, -0.05) is 18.2 Å². The third kappa shape index (κ3) is 6.85. The molecule has 0 heterocycles. The minimum Gasteiger partial charge on any atom is -0.496 e. The lowest BCUT2D eigenvalue weighted by molar-refractivity contribution is -0.131. The fraction of sp³-hybridized carbons (Fsp3) is 0.0909. The maximum atomic E-state index is 10.2. The zero-order valence-corrected chi connectivity index (χ0v) is 9.66. The van der Waals surface area contributed by atoms with Gasteiger partial charge in [0.25, 0.3) is 0 Å². The van der Waals surface area contributed by atoms with Crippen LogP contribution >= 0.6 is 0 Å². The van der Waals surface area contributed by atoms with Crippen molar-refractivity contribution in [1.82, 2.24) is 5.48 Å². The molecule has 0 saturated carbocycles. The number of urea groups is 1. The molecule has 5 N–H and O–H groups in total. The van der Waals surface area contributed by atoms with Crippen molar-refractivity contribution in [1.29, 1.82) is 0 Å². The van der Waals surface area contributed by atoms with Gasteiger partial charge in [0.1, 0.15) is 5.75 Å². The molecule has 0 spiro atoms. The fourth-order valence-corrected chi connectivity index (χ4v) is 0.965. The number of carboxylic acid groups (broad SMARTS) is 1. The van der Waals surface area contributed by atoms with E-state index >= 15 is 0 Å². The Kier molecular flexibility index (Phi) is 7.38. The van der Waals surface area contributed by atoms with Gasteiger partial charge in [-0.2, -0.15) is 0 Å². The van der Waals surface area contributed by atoms with Crippen LogP contribution < -0.4 is 16.0 Å². The number of rotatable bonds is 3. The second-order valence-corrected chi connectivity index (χ2v) is 2.89. The molecule has 0 unspecified atom stereocenters. The Balaban J connectivity index is 0.000000494. The lowest BCUT2D eigenvalue weighted by Crippen LogP contribution is -2.25. The first-order valence-corrected chi connectivity index (χ1v) is 4.74. The second-order valence-electron chi connectivity index (χ2n) is 2.89. The van der Waals surface area contributed by atoms with Crippen LogP contribution in [-0.2, 0) is 4.79 Å². The number of para-hydroxylation sites is 1. The summed E-state index contributed by atoms with van der Waals surface area (Å²) in [5, 5.41) is 15.8. The van der Waals surface area contributed by atoms with E-state index in [0.717, 1.165) is 11.6 Å². The highest BCUT2D eigenvalue weighted by atomic mass is 16.5. The minimum absolute atomic E-state index is 0.667. The van der Waals surface area contributed by atoms with Crippen molar-refractivity contribution in [2.75, 3.05) is 7.11 Å². The van der Waals surface area contributed by atoms with Gasteiger partial charge in [0.05, 0.1) is 7.11 Å². The zero-order chi connectivity index (χ0) is 14.0. The van der Waals surface area contributed by atoms with Crippen LogP contribution in [0.15, 0.2) is 30.3 Å². The predicted octanol–water partition coefficient (Wildman–Crippen LogP) is 0.837. The van der Waals surface area contributed by atoms with Crippen molar-refractivity contribution < 1.29 is 24.6 Å². The molecule has 0 bridgehead atoms. The molecule has 1 aromatic carbocycles. The number of hydrogen-bond donors (Lipinski definition) is 4. The number of primary amides is 1. The molecular formula is C11H14N2O5. The molecule has 0 aliphatic heterocycles. The number of carbonyl (C=O) groups excluding carboxylic acids is 1. The van der Waals surface area contributed by atoms with Gasteiger partial charge in [-0.15, -0.1) is 0 Å². The van der Waals surface area contributed by atoms with E-state index < -0.39 is 12.0 Å². The molecule has 18 heavy (non-hydrogen) atoms. The average molecular weight is 254 g/mol. The van der Waals surface area contributed by atoms with E-state index in [4.69, 9.17) is 15.1 Å². The first-order valence-electron chi connectivity index (χ1n) is 4.74.